The monoisotopic (exact) mass is 450 g/mol. The van der Waals surface area contributed by atoms with E-state index in [0.29, 0.717) is 27.7 Å². The van der Waals surface area contributed by atoms with Crippen molar-refractivity contribution in [3.8, 4) is 11.5 Å². The van der Waals surface area contributed by atoms with Crippen molar-refractivity contribution in [2.24, 2.45) is 0 Å². The van der Waals surface area contributed by atoms with Crippen LogP contribution in [0.25, 0.3) is 11.5 Å². The number of benzene rings is 2. The number of anilines is 1. The van der Waals surface area contributed by atoms with Crippen LogP contribution in [0.3, 0.4) is 0 Å². The molecule has 4 rings (SSSR count). The summed E-state index contributed by atoms with van der Waals surface area (Å²) in [6.45, 7) is 0. The number of carbonyl (C=O) groups excluding carboxylic acids is 2. The van der Waals surface area contributed by atoms with E-state index in [1.54, 1.807) is 67.0 Å². The van der Waals surface area contributed by atoms with Gasteiger partial charge in [0, 0.05) is 34.1 Å². The molecule has 0 radical (unpaired) electrons. The number of rotatable bonds is 7. The number of pyridine rings is 1. The first-order valence-corrected chi connectivity index (χ1v) is 10.5. The van der Waals surface area contributed by atoms with Gasteiger partial charge >= 0.3 is 0 Å². The third-order valence-corrected chi connectivity index (χ3v) is 5.25. The Labute approximate surface area is 186 Å². The van der Waals surface area contributed by atoms with Gasteiger partial charge in [-0.1, -0.05) is 53.7 Å². The lowest BCUT2D eigenvalue weighted by Crippen LogP contribution is -2.17. The Hall–Kier alpha value is -3.49. The fraction of sp³-hybridized carbons (Fsp3) is 0.0455. The zero-order chi connectivity index (χ0) is 21.6. The van der Waals surface area contributed by atoms with Crippen LogP contribution >= 0.6 is 23.4 Å². The van der Waals surface area contributed by atoms with Crippen molar-refractivity contribution in [3.05, 3.63) is 89.2 Å². The summed E-state index contributed by atoms with van der Waals surface area (Å²) in [7, 11) is 0. The number of carbonyl (C=O) groups is 2. The molecule has 1 amide bonds. The molecule has 2 aromatic carbocycles. The number of halogens is 1. The highest BCUT2D eigenvalue weighted by molar-refractivity contribution is 7.99. The smallest absolute Gasteiger partial charge is 0.277 e. The lowest BCUT2D eigenvalue weighted by molar-refractivity contribution is -0.113. The Balaban J connectivity index is 1.43. The first kappa shape index (κ1) is 20.8. The van der Waals surface area contributed by atoms with E-state index >= 15 is 0 Å². The van der Waals surface area contributed by atoms with Crippen molar-refractivity contribution >= 4 is 40.7 Å². The highest BCUT2D eigenvalue weighted by Gasteiger charge is 2.17. The molecule has 0 fully saturated rings. The molecule has 9 heteroatoms. The molecule has 2 heterocycles. The van der Waals surface area contributed by atoms with Crippen molar-refractivity contribution in [2.45, 2.75) is 5.22 Å². The number of ketones is 1. The number of nitrogens with one attached hydrogen (secondary N) is 1. The van der Waals surface area contributed by atoms with Crippen LogP contribution in [0.2, 0.25) is 5.02 Å². The van der Waals surface area contributed by atoms with Crippen LogP contribution in [0.1, 0.15) is 15.9 Å². The van der Waals surface area contributed by atoms with Crippen LogP contribution in [0.4, 0.5) is 5.69 Å². The van der Waals surface area contributed by atoms with Crippen molar-refractivity contribution < 1.29 is 14.0 Å². The minimum absolute atomic E-state index is 0.0274. The zero-order valence-corrected chi connectivity index (χ0v) is 17.6. The Kier molecular flexibility index (Phi) is 6.40. The standard InChI is InChI=1S/C22H15ClN4O3S/c23-16-6-7-18(17(12-16)20(29)14-4-2-1-3-5-14)25-19(28)13-31-22-27-26-21(30-22)15-8-10-24-11-9-15/h1-12H,13H2,(H,25,28). The quantitative estimate of drug-likeness (QED) is 0.320. The fourth-order valence-corrected chi connectivity index (χ4v) is 3.49. The van der Waals surface area contributed by atoms with Crippen molar-refractivity contribution in [2.75, 3.05) is 11.1 Å². The van der Waals surface area contributed by atoms with E-state index in [1.165, 1.54) is 0 Å². The highest BCUT2D eigenvalue weighted by atomic mass is 35.5. The summed E-state index contributed by atoms with van der Waals surface area (Å²) < 4.78 is 5.57. The van der Waals surface area contributed by atoms with Gasteiger partial charge in [-0.25, -0.2) is 0 Å². The summed E-state index contributed by atoms with van der Waals surface area (Å²) in [4.78, 5) is 29.3. The molecule has 0 aliphatic carbocycles. The molecule has 0 bridgehead atoms. The molecule has 154 valence electrons. The number of aromatic nitrogens is 3. The first-order chi connectivity index (χ1) is 15.1. The topological polar surface area (TPSA) is 98.0 Å². The molecule has 0 aliphatic rings. The molecule has 2 aromatic heterocycles. The molecule has 0 atom stereocenters. The maximum absolute atomic E-state index is 12.9. The van der Waals surface area contributed by atoms with Gasteiger partial charge in [0.2, 0.25) is 11.8 Å². The number of nitrogens with zero attached hydrogens (tertiary/aromatic N) is 3. The van der Waals surface area contributed by atoms with Crippen LogP contribution in [-0.2, 0) is 4.79 Å². The number of thioether (sulfide) groups is 1. The van der Waals surface area contributed by atoms with E-state index < -0.39 is 0 Å². The average Bonchev–Trinajstić information content (AvgIpc) is 3.29. The van der Waals surface area contributed by atoms with Crippen LogP contribution < -0.4 is 5.32 Å². The number of hydrogen-bond acceptors (Lipinski definition) is 7. The summed E-state index contributed by atoms with van der Waals surface area (Å²) in [5, 5.41) is 11.3. The second-order valence-corrected chi connectivity index (χ2v) is 7.69. The molecule has 1 N–H and O–H groups in total. The molecule has 7 nitrogen and oxygen atoms in total. The third-order valence-electron chi connectivity index (χ3n) is 4.20. The van der Waals surface area contributed by atoms with Gasteiger partial charge in [0.15, 0.2) is 5.78 Å². The molecular formula is C22H15ClN4O3S. The molecule has 0 saturated carbocycles. The maximum atomic E-state index is 12.9. The molecule has 0 aliphatic heterocycles. The van der Waals surface area contributed by atoms with Crippen LogP contribution in [0.15, 0.2) is 82.7 Å². The molecule has 4 aromatic rings. The molecule has 0 unspecified atom stereocenters. The van der Waals surface area contributed by atoms with Gasteiger partial charge < -0.3 is 9.73 Å². The first-order valence-electron chi connectivity index (χ1n) is 9.16. The van der Waals surface area contributed by atoms with Gasteiger partial charge in [0.05, 0.1) is 11.4 Å². The molecule has 0 saturated heterocycles. The normalized spacial score (nSPS) is 10.6. The zero-order valence-electron chi connectivity index (χ0n) is 16.0. The Morgan fingerprint density at radius 3 is 2.55 bits per heavy atom. The second-order valence-electron chi connectivity index (χ2n) is 6.33. The average molecular weight is 451 g/mol. The molecular weight excluding hydrogens is 436 g/mol. The summed E-state index contributed by atoms with van der Waals surface area (Å²) in [6, 6.07) is 17.1. The SMILES string of the molecule is O=C(CSc1nnc(-c2ccncc2)o1)Nc1ccc(Cl)cc1C(=O)c1ccccc1. The third kappa shape index (κ3) is 5.17. The summed E-state index contributed by atoms with van der Waals surface area (Å²) in [5.41, 5.74) is 1.94. The summed E-state index contributed by atoms with van der Waals surface area (Å²) in [6.07, 6.45) is 3.25. The van der Waals surface area contributed by atoms with Crippen molar-refractivity contribution in [3.63, 3.8) is 0 Å². The summed E-state index contributed by atoms with van der Waals surface area (Å²) in [5.74, 6) is -0.179. The number of hydrogen-bond donors (Lipinski definition) is 1. The van der Waals surface area contributed by atoms with Crippen LogP contribution in [-0.4, -0.2) is 32.6 Å². The van der Waals surface area contributed by atoms with Crippen molar-refractivity contribution in [1.82, 2.24) is 15.2 Å². The lowest BCUT2D eigenvalue weighted by atomic mass is 10.0. The predicted octanol–water partition coefficient (Wildman–Crippen LogP) is 4.75. The summed E-state index contributed by atoms with van der Waals surface area (Å²) >= 11 is 7.18. The van der Waals surface area contributed by atoms with Crippen LogP contribution in [0.5, 0.6) is 0 Å². The number of amides is 1. The van der Waals surface area contributed by atoms with Gasteiger partial charge in [0.25, 0.3) is 5.22 Å². The Bertz CT molecular complexity index is 1220. The fourth-order valence-electron chi connectivity index (χ4n) is 2.75. The van der Waals surface area contributed by atoms with E-state index in [9.17, 15) is 9.59 Å². The molecule has 31 heavy (non-hydrogen) atoms. The predicted molar refractivity (Wildman–Crippen MR) is 118 cm³/mol. The second kappa shape index (κ2) is 9.55. The molecule has 0 spiro atoms. The minimum atomic E-state index is -0.321. The maximum Gasteiger partial charge on any atom is 0.277 e. The minimum Gasteiger partial charge on any atom is -0.411 e. The highest BCUT2D eigenvalue weighted by Crippen LogP contribution is 2.25. The van der Waals surface area contributed by atoms with Gasteiger partial charge in [0.1, 0.15) is 0 Å². The largest absolute Gasteiger partial charge is 0.411 e. The van der Waals surface area contributed by atoms with E-state index in [-0.39, 0.29) is 22.7 Å². The lowest BCUT2D eigenvalue weighted by Gasteiger charge is -2.11. The van der Waals surface area contributed by atoms with Gasteiger partial charge in [-0.3, -0.25) is 14.6 Å². The van der Waals surface area contributed by atoms with E-state index in [2.05, 4.69) is 20.5 Å². The van der Waals surface area contributed by atoms with E-state index in [1.807, 2.05) is 6.07 Å². The van der Waals surface area contributed by atoms with Gasteiger partial charge in [-0.2, -0.15) is 0 Å². The van der Waals surface area contributed by atoms with Gasteiger partial charge in [-0.15, -0.1) is 10.2 Å². The Morgan fingerprint density at radius 2 is 1.77 bits per heavy atom. The van der Waals surface area contributed by atoms with Crippen LogP contribution in [0, 0.1) is 0 Å². The van der Waals surface area contributed by atoms with E-state index in [4.69, 9.17) is 16.0 Å². The van der Waals surface area contributed by atoms with Crippen molar-refractivity contribution in [1.29, 1.82) is 0 Å². The van der Waals surface area contributed by atoms with Gasteiger partial charge in [-0.05, 0) is 30.3 Å². The van der Waals surface area contributed by atoms with E-state index in [0.717, 1.165) is 17.3 Å². The Morgan fingerprint density at radius 1 is 1.00 bits per heavy atom.